The van der Waals surface area contributed by atoms with Gasteiger partial charge in [0, 0.05) is 36.7 Å². The lowest BCUT2D eigenvalue weighted by Gasteiger charge is -2.29. The van der Waals surface area contributed by atoms with Gasteiger partial charge in [0.05, 0.1) is 31.0 Å². The number of aromatic nitrogens is 4. The van der Waals surface area contributed by atoms with Crippen LogP contribution in [0.1, 0.15) is 18.5 Å². The van der Waals surface area contributed by atoms with E-state index in [-0.39, 0.29) is 0 Å². The first-order valence-corrected chi connectivity index (χ1v) is 11.6. The zero-order chi connectivity index (χ0) is 24.4. The normalized spacial score (nSPS) is 16.1. The van der Waals surface area contributed by atoms with Gasteiger partial charge in [-0.05, 0) is 50.6 Å². The molecule has 0 unspecified atom stereocenters. The van der Waals surface area contributed by atoms with Crippen molar-refractivity contribution in [3.63, 3.8) is 0 Å². The molecule has 3 aromatic heterocycles. The SMILES string of the molecule is [C-]#[N+]c1ccc(-c2nc(OC[C@@H]3CCCN(C)C3)n3ccnc3c2-c2cnc(C)c([N+]#[C-])c2)cc1. The van der Waals surface area contributed by atoms with Crippen LogP contribution in [0.25, 0.3) is 37.7 Å². The standard InChI is InChI=1S/C27H25N7O/c1-18-23(29-3)14-21(15-31-18)24-25(20-7-9-22(28-2)10-8-20)32-27(34-13-11-30-26(24)34)35-17-19-6-5-12-33(4)16-19/h7-11,13-15,19H,5-6,12,16-17H2,1,4H3/t19-/m1/s1. The van der Waals surface area contributed by atoms with Crippen LogP contribution in [-0.2, 0) is 0 Å². The van der Waals surface area contributed by atoms with Crippen LogP contribution in [0.15, 0.2) is 48.9 Å². The summed E-state index contributed by atoms with van der Waals surface area (Å²) in [7, 11) is 2.14. The summed E-state index contributed by atoms with van der Waals surface area (Å²) in [5.74, 6) is 0.442. The van der Waals surface area contributed by atoms with Crippen LogP contribution < -0.4 is 4.74 Å². The van der Waals surface area contributed by atoms with Gasteiger partial charge in [0.2, 0.25) is 5.69 Å². The van der Waals surface area contributed by atoms with Crippen molar-refractivity contribution in [2.75, 3.05) is 26.7 Å². The van der Waals surface area contributed by atoms with Crippen LogP contribution in [0, 0.1) is 26.0 Å². The van der Waals surface area contributed by atoms with Crippen LogP contribution in [0.5, 0.6) is 6.01 Å². The Morgan fingerprint density at radius 3 is 2.69 bits per heavy atom. The monoisotopic (exact) mass is 463 g/mol. The predicted molar refractivity (Wildman–Crippen MR) is 135 cm³/mol. The number of benzene rings is 1. The number of nitrogens with zero attached hydrogens (tertiary/aromatic N) is 7. The molecular formula is C27H25N7O. The summed E-state index contributed by atoms with van der Waals surface area (Å²) >= 11 is 0. The summed E-state index contributed by atoms with van der Waals surface area (Å²) in [4.78, 5) is 23.5. The quantitative estimate of drug-likeness (QED) is 0.361. The zero-order valence-corrected chi connectivity index (χ0v) is 19.8. The molecule has 174 valence electrons. The molecule has 0 radical (unpaired) electrons. The minimum atomic E-state index is 0.442. The Kier molecular flexibility index (Phi) is 6.13. The minimum absolute atomic E-state index is 0.442. The number of likely N-dealkylation sites (tertiary alicyclic amines) is 1. The van der Waals surface area contributed by atoms with Crippen molar-refractivity contribution < 1.29 is 4.74 Å². The van der Waals surface area contributed by atoms with E-state index in [2.05, 4.69) is 31.6 Å². The molecule has 1 atom stereocenters. The number of pyridine rings is 1. The van der Waals surface area contributed by atoms with E-state index in [1.54, 1.807) is 24.5 Å². The maximum Gasteiger partial charge on any atom is 0.302 e. The maximum atomic E-state index is 7.54. The van der Waals surface area contributed by atoms with Gasteiger partial charge in [-0.25, -0.2) is 14.7 Å². The third-order valence-electron chi connectivity index (χ3n) is 6.42. The van der Waals surface area contributed by atoms with E-state index in [4.69, 9.17) is 22.9 Å². The van der Waals surface area contributed by atoms with E-state index >= 15 is 0 Å². The lowest BCUT2D eigenvalue weighted by Crippen LogP contribution is -2.35. The number of rotatable bonds is 5. The number of ether oxygens (including phenoxy) is 1. The Labute approximate surface area is 204 Å². The van der Waals surface area contributed by atoms with E-state index < -0.39 is 0 Å². The van der Waals surface area contributed by atoms with Gasteiger partial charge < -0.3 is 9.64 Å². The third kappa shape index (κ3) is 4.44. The zero-order valence-electron chi connectivity index (χ0n) is 19.8. The van der Waals surface area contributed by atoms with Crippen LogP contribution in [-0.4, -0.2) is 51.0 Å². The first-order valence-electron chi connectivity index (χ1n) is 11.6. The van der Waals surface area contributed by atoms with Crippen molar-refractivity contribution in [2.45, 2.75) is 19.8 Å². The lowest BCUT2D eigenvalue weighted by molar-refractivity contribution is 0.143. The van der Waals surface area contributed by atoms with Crippen LogP contribution in [0.3, 0.4) is 0 Å². The predicted octanol–water partition coefficient (Wildman–Crippen LogP) is 5.59. The fourth-order valence-electron chi connectivity index (χ4n) is 4.60. The molecule has 1 saturated heterocycles. The molecule has 0 saturated carbocycles. The van der Waals surface area contributed by atoms with E-state index in [1.165, 1.54) is 6.42 Å². The molecule has 35 heavy (non-hydrogen) atoms. The summed E-state index contributed by atoms with van der Waals surface area (Å²) < 4.78 is 8.16. The first-order chi connectivity index (χ1) is 17.1. The molecule has 0 N–H and O–H groups in total. The second-order valence-electron chi connectivity index (χ2n) is 8.92. The van der Waals surface area contributed by atoms with Crippen molar-refractivity contribution in [2.24, 2.45) is 5.92 Å². The van der Waals surface area contributed by atoms with Crippen molar-refractivity contribution in [1.29, 1.82) is 0 Å². The van der Waals surface area contributed by atoms with Gasteiger partial charge in [-0.1, -0.05) is 24.3 Å². The molecule has 1 aliphatic heterocycles. The largest absolute Gasteiger partial charge is 0.464 e. The van der Waals surface area contributed by atoms with Gasteiger partial charge in [0.15, 0.2) is 11.3 Å². The lowest BCUT2D eigenvalue weighted by atomic mass is 9.99. The highest BCUT2D eigenvalue weighted by Gasteiger charge is 2.22. The first kappa shape index (κ1) is 22.5. The number of hydrogen-bond acceptors (Lipinski definition) is 5. The summed E-state index contributed by atoms with van der Waals surface area (Å²) in [5.41, 5.74) is 5.45. The van der Waals surface area contributed by atoms with Gasteiger partial charge in [-0.15, -0.1) is 0 Å². The molecular weight excluding hydrogens is 438 g/mol. The van der Waals surface area contributed by atoms with Crippen molar-refractivity contribution in [3.8, 4) is 28.4 Å². The minimum Gasteiger partial charge on any atom is -0.464 e. The molecule has 0 aliphatic carbocycles. The molecule has 4 aromatic rings. The second kappa shape index (κ2) is 9.54. The Morgan fingerprint density at radius 1 is 1.11 bits per heavy atom. The maximum absolute atomic E-state index is 7.54. The summed E-state index contributed by atoms with van der Waals surface area (Å²) in [6, 6.07) is 9.63. The van der Waals surface area contributed by atoms with E-state index in [0.29, 0.717) is 46.9 Å². The molecule has 1 fully saturated rings. The van der Waals surface area contributed by atoms with Gasteiger partial charge in [-0.2, -0.15) is 4.98 Å². The Hall–Kier alpha value is -4.27. The van der Waals surface area contributed by atoms with Crippen molar-refractivity contribution >= 4 is 17.0 Å². The topological polar surface area (TPSA) is 64.3 Å². The molecule has 5 rings (SSSR count). The van der Waals surface area contributed by atoms with Gasteiger partial charge >= 0.3 is 6.01 Å². The van der Waals surface area contributed by atoms with Gasteiger partial charge in [0.1, 0.15) is 0 Å². The highest BCUT2D eigenvalue weighted by Crippen LogP contribution is 2.38. The van der Waals surface area contributed by atoms with Gasteiger partial charge in [0.25, 0.3) is 0 Å². The number of aryl methyl sites for hydroxylation is 1. The summed E-state index contributed by atoms with van der Waals surface area (Å²) in [5, 5.41) is 0. The van der Waals surface area contributed by atoms with E-state index in [1.807, 2.05) is 35.7 Å². The average molecular weight is 464 g/mol. The Bertz CT molecular complexity index is 1460. The molecule has 4 heterocycles. The molecule has 1 aliphatic rings. The molecule has 1 aromatic carbocycles. The number of imidazole rings is 1. The number of fused-ring (bicyclic) bond motifs is 1. The fourth-order valence-corrected chi connectivity index (χ4v) is 4.60. The smallest absolute Gasteiger partial charge is 0.302 e. The van der Waals surface area contributed by atoms with Crippen molar-refractivity contribution in [3.05, 3.63) is 77.5 Å². The van der Waals surface area contributed by atoms with Gasteiger partial charge in [-0.3, -0.25) is 9.38 Å². The molecule has 0 amide bonds. The molecule has 8 heteroatoms. The molecule has 8 nitrogen and oxygen atoms in total. The summed E-state index contributed by atoms with van der Waals surface area (Å²) in [6.45, 7) is 19.3. The second-order valence-corrected chi connectivity index (χ2v) is 8.92. The number of hydrogen-bond donors (Lipinski definition) is 0. The Morgan fingerprint density at radius 2 is 1.94 bits per heavy atom. The van der Waals surface area contributed by atoms with Crippen LogP contribution in [0.4, 0.5) is 11.4 Å². The molecule has 0 spiro atoms. The fraction of sp³-hybridized carbons (Fsp3) is 0.296. The van der Waals surface area contributed by atoms with Crippen LogP contribution >= 0.6 is 0 Å². The van der Waals surface area contributed by atoms with Crippen molar-refractivity contribution in [1.82, 2.24) is 24.3 Å². The summed E-state index contributed by atoms with van der Waals surface area (Å²) in [6.07, 6.45) is 7.63. The molecule has 0 bridgehead atoms. The van der Waals surface area contributed by atoms with E-state index in [0.717, 1.165) is 36.2 Å². The van der Waals surface area contributed by atoms with E-state index in [9.17, 15) is 0 Å². The number of piperidine rings is 1. The Balaban J connectivity index is 1.65. The highest BCUT2D eigenvalue weighted by molar-refractivity contribution is 5.91. The third-order valence-corrected chi connectivity index (χ3v) is 6.42. The average Bonchev–Trinajstić information content (AvgIpc) is 3.37. The highest BCUT2D eigenvalue weighted by atomic mass is 16.5. The van der Waals surface area contributed by atoms with Crippen LogP contribution in [0.2, 0.25) is 0 Å².